The van der Waals surface area contributed by atoms with Crippen LogP contribution in [0.1, 0.15) is 11.7 Å². The summed E-state index contributed by atoms with van der Waals surface area (Å²) < 4.78 is 76.3. The van der Waals surface area contributed by atoms with E-state index in [9.17, 15) is 26.9 Å². The molecular formula is C15H15NO11S2. The van der Waals surface area contributed by atoms with E-state index in [1.54, 1.807) is 18.2 Å². The summed E-state index contributed by atoms with van der Waals surface area (Å²) in [5.74, 6) is 0.201. The molecule has 2 N–H and O–H groups in total. The van der Waals surface area contributed by atoms with Gasteiger partial charge in [-0.1, -0.05) is 18.2 Å². The lowest BCUT2D eigenvalue weighted by Gasteiger charge is -2.26. The smallest absolute Gasteiger partial charge is 0.397 e. The Morgan fingerprint density at radius 1 is 0.931 bits per heavy atom. The van der Waals surface area contributed by atoms with Crippen LogP contribution in [0.15, 0.2) is 54.6 Å². The van der Waals surface area contributed by atoms with Crippen LogP contribution in [0.5, 0.6) is 5.75 Å². The van der Waals surface area contributed by atoms with E-state index in [0.29, 0.717) is 0 Å². The number of rotatable bonds is 10. The Bertz CT molecular complexity index is 1040. The zero-order valence-electron chi connectivity index (χ0n) is 14.4. The summed E-state index contributed by atoms with van der Waals surface area (Å²) in [6.07, 6.45) is -3.21. The summed E-state index contributed by atoms with van der Waals surface area (Å²) in [4.78, 5) is 10.2. The first-order chi connectivity index (χ1) is 13.4. The van der Waals surface area contributed by atoms with E-state index >= 15 is 0 Å². The van der Waals surface area contributed by atoms with Gasteiger partial charge in [-0.2, -0.15) is 16.8 Å². The largest absolute Gasteiger partial charge is 0.483 e. The van der Waals surface area contributed by atoms with E-state index in [-0.39, 0.29) is 17.0 Å². The molecular weight excluding hydrogens is 434 g/mol. The van der Waals surface area contributed by atoms with Gasteiger partial charge in [-0.25, -0.2) is 8.37 Å². The quantitative estimate of drug-likeness (QED) is 0.306. The molecule has 0 aliphatic carbocycles. The minimum absolute atomic E-state index is 0.132. The minimum Gasteiger partial charge on any atom is -0.483 e. The van der Waals surface area contributed by atoms with Crippen molar-refractivity contribution >= 4 is 26.5 Å². The molecule has 0 saturated heterocycles. The van der Waals surface area contributed by atoms with Crippen LogP contribution in [-0.2, 0) is 29.2 Å². The predicted molar refractivity (Wildman–Crippen MR) is 96.8 cm³/mol. The van der Waals surface area contributed by atoms with Crippen molar-refractivity contribution in [3.63, 3.8) is 0 Å². The molecule has 2 aromatic rings. The number of hydrogen-bond donors (Lipinski definition) is 2. The molecule has 2 unspecified atom stereocenters. The third-order valence-electron chi connectivity index (χ3n) is 3.40. The molecule has 2 rings (SSSR count). The van der Waals surface area contributed by atoms with Crippen LogP contribution < -0.4 is 4.74 Å². The van der Waals surface area contributed by atoms with Gasteiger partial charge in [0.15, 0.2) is 6.10 Å². The SMILES string of the molecule is O=[N+]([O-])c1ccc(C(Oc2ccccc2)C(COS(=O)(=O)O)OS(=O)(=O)O)cc1. The van der Waals surface area contributed by atoms with Crippen LogP contribution in [0, 0.1) is 10.1 Å². The average Bonchev–Trinajstić information content (AvgIpc) is 2.63. The maximum absolute atomic E-state index is 11.2. The van der Waals surface area contributed by atoms with Crippen LogP contribution in [0.25, 0.3) is 0 Å². The molecule has 0 radical (unpaired) electrons. The van der Waals surface area contributed by atoms with Gasteiger partial charge in [0.1, 0.15) is 18.5 Å². The zero-order chi connectivity index (χ0) is 21.7. The second-order valence-electron chi connectivity index (χ2n) is 5.47. The Morgan fingerprint density at radius 3 is 2.00 bits per heavy atom. The Hall–Kier alpha value is -2.62. The van der Waals surface area contributed by atoms with E-state index in [2.05, 4.69) is 8.37 Å². The van der Waals surface area contributed by atoms with Crippen molar-refractivity contribution in [2.24, 2.45) is 0 Å². The van der Waals surface area contributed by atoms with Crippen molar-refractivity contribution in [3.8, 4) is 5.75 Å². The van der Waals surface area contributed by atoms with E-state index in [4.69, 9.17) is 13.8 Å². The first-order valence-corrected chi connectivity index (χ1v) is 10.4. The number of para-hydroxylation sites is 1. The number of ether oxygens (including phenoxy) is 1. The van der Waals surface area contributed by atoms with Crippen molar-refractivity contribution in [2.75, 3.05) is 6.61 Å². The van der Waals surface area contributed by atoms with Gasteiger partial charge in [0.25, 0.3) is 5.69 Å². The number of nitro benzene ring substituents is 1. The number of nitro groups is 1. The molecule has 2 aromatic carbocycles. The summed E-state index contributed by atoms with van der Waals surface area (Å²) >= 11 is 0. The molecule has 29 heavy (non-hydrogen) atoms. The van der Waals surface area contributed by atoms with Gasteiger partial charge in [0.2, 0.25) is 0 Å². The maximum atomic E-state index is 11.2. The molecule has 0 aliphatic rings. The fourth-order valence-corrected chi connectivity index (χ4v) is 3.04. The Kier molecular flexibility index (Phi) is 7.23. The maximum Gasteiger partial charge on any atom is 0.397 e. The Labute approximate surface area is 165 Å². The van der Waals surface area contributed by atoms with Crippen molar-refractivity contribution < 1.29 is 44.0 Å². The van der Waals surface area contributed by atoms with Crippen LogP contribution in [0.3, 0.4) is 0 Å². The highest BCUT2D eigenvalue weighted by Gasteiger charge is 2.32. The lowest BCUT2D eigenvalue weighted by atomic mass is 10.0. The molecule has 2 atom stereocenters. The average molecular weight is 449 g/mol. The topological polar surface area (TPSA) is 180 Å². The lowest BCUT2D eigenvalue weighted by Crippen LogP contribution is -2.34. The van der Waals surface area contributed by atoms with Crippen LogP contribution in [-0.4, -0.2) is 43.6 Å². The van der Waals surface area contributed by atoms with E-state index in [1.165, 1.54) is 24.3 Å². The monoisotopic (exact) mass is 449 g/mol. The third-order valence-corrected chi connectivity index (χ3v) is 4.33. The van der Waals surface area contributed by atoms with Crippen molar-refractivity contribution in [3.05, 3.63) is 70.3 Å². The van der Waals surface area contributed by atoms with E-state index < -0.39 is 44.5 Å². The molecule has 0 aliphatic heterocycles. The molecule has 0 fully saturated rings. The molecule has 0 bridgehead atoms. The summed E-state index contributed by atoms with van der Waals surface area (Å²) in [6, 6.07) is 12.5. The Morgan fingerprint density at radius 2 is 1.52 bits per heavy atom. The molecule has 158 valence electrons. The van der Waals surface area contributed by atoms with Gasteiger partial charge in [0.05, 0.1) is 4.92 Å². The van der Waals surface area contributed by atoms with Crippen molar-refractivity contribution in [1.29, 1.82) is 0 Å². The summed E-state index contributed by atoms with van der Waals surface area (Å²) in [6.45, 7) is -1.06. The highest BCUT2D eigenvalue weighted by molar-refractivity contribution is 7.81. The predicted octanol–water partition coefficient (Wildman–Crippen LogP) is 1.72. The normalized spacial score (nSPS) is 14.1. The van der Waals surface area contributed by atoms with E-state index in [0.717, 1.165) is 12.1 Å². The van der Waals surface area contributed by atoms with Crippen molar-refractivity contribution in [1.82, 2.24) is 0 Å². The highest BCUT2D eigenvalue weighted by Crippen LogP contribution is 2.29. The molecule has 0 aromatic heterocycles. The second-order valence-corrected chi connectivity index (χ2v) is 7.61. The lowest BCUT2D eigenvalue weighted by molar-refractivity contribution is -0.384. The van der Waals surface area contributed by atoms with Gasteiger partial charge in [-0.3, -0.25) is 19.2 Å². The second kappa shape index (κ2) is 9.25. The van der Waals surface area contributed by atoms with Crippen molar-refractivity contribution in [2.45, 2.75) is 12.2 Å². The Balaban J connectivity index is 2.45. The molecule has 0 spiro atoms. The van der Waals surface area contributed by atoms with Gasteiger partial charge < -0.3 is 4.74 Å². The number of benzene rings is 2. The zero-order valence-corrected chi connectivity index (χ0v) is 16.0. The third kappa shape index (κ3) is 7.72. The summed E-state index contributed by atoms with van der Waals surface area (Å²) in [5, 5.41) is 10.8. The summed E-state index contributed by atoms with van der Waals surface area (Å²) in [7, 11) is -10.1. The standard InChI is InChI=1S/C15H15NO11S2/c17-16(18)12-8-6-11(7-9-12)15(26-13-4-2-1-3-5-13)14(27-29(22,23)24)10-25-28(19,20)21/h1-9,14-15H,10H2,(H,19,20,21)(H,22,23,24). The number of non-ortho nitro benzene ring substituents is 1. The van der Waals surface area contributed by atoms with Gasteiger partial charge in [0, 0.05) is 12.1 Å². The fraction of sp³-hybridized carbons (Fsp3) is 0.200. The molecule has 12 nitrogen and oxygen atoms in total. The van der Waals surface area contributed by atoms with Crippen LogP contribution in [0.4, 0.5) is 5.69 Å². The van der Waals surface area contributed by atoms with Gasteiger partial charge in [-0.05, 0) is 29.8 Å². The molecule has 0 amide bonds. The fourth-order valence-electron chi connectivity index (χ4n) is 2.26. The number of nitrogens with zero attached hydrogens (tertiary/aromatic N) is 1. The summed E-state index contributed by atoms with van der Waals surface area (Å²) in [5.41, 5.74) is -0.138. The van der Waals surface area contributed by atoms with Crippen LogP contribution >= 0.6 is 0 Å². The highest BCUT2D eigenvalue weighted by atomic mass is 32.3. The van der Waals surface area contributed by atoms with Crippen LogP contribution in [0.2, 0.25) is 0 Å². The minimum atomic E-state index is -5.10. The molecule has 0 heterocycles. The van der Waals surface area contributed by atoms with Gasteiger partial charge >= 0.3 is 20.8 Å². The molecule has 0 saturated carbocycles. The first-order valence-electron chi connectivity index (χ1n) is 7.68. The molecule has 14 heteroatoms. The van der Waals surface area contributed by atoms with Gasteiger partial charge in [-0.15, -0.1) is 0 Å². The van der Waals surface area contributed by atoms with E-state index in [1.807, 2.05) is 0 Å². The first kappa shape index (κ1) is 22.7. The number of hydrogen-bond acceptors (Lipinski definition) is 9.